The zero-order valence-electron chi connectivity index (χ0n) is 13.2. The van der Waals surface area contributed by atoms with E-state index in [-0.39, 0.29) is 28.2 Å². The van der Waals surface area contributed by atoms with Crippen LogP contribution in [0.25, 0.3) is 0 Å². The fourth-order valence-electron chi connectivity index (χ4n) is 3.02. The quantitative estimate of drug-likeness (QED) is 0.666. The van der Waals surface area contributed by atoms with E-state index in [4.69, 9.17) is 11.6 Å². The minimum absolute atomic E-state index is 0.0169. The van der Waals surface area contributed by atoms with Crippen LogP contribution < -0.4 is 5.32 Å². The van der Waals surface area contributed by atoms with Crippen molar-refractivity contribution in [3.8, 4) is 0 Å². The summed E-state index contributed by atoms with van der Waals surface area (Å²) in [6.45, 7) is 1.90. The van der Waals surface area contributed by atoms with E-state index in [9.17, 15) is 14.9 Å². The predicted octanol–water partition coefficient (Wildman–Crippen LogP) is 4.23. The molecular weight excluding hydrogens is 328 g/mol. The summed E-state index contributed by atoms with van der Waals surface area (Å²) in [6.07, 6.45) is 3.37. The van der Waals surface area contributed by atoms with Gasteiger partial charge in [-0.2, -0.15) is 0 Å². The highest BCUT2D eigenvalue weighted by Crippen LogP contribution is 2.27. The number of carbonyl (C=O) groups excluding carboxylic acids is 1. The molecule has 0 saturated heterocycles. The molecule has 3 rings (SSSR count). The average Bonchev–Trinajstić information content (AvgIpc) is 3.02. The fourth-order valence-corrected chi connectivity index (χ4v) is 3.20. The van der Waals surface area contributed by atoms with Crippen LogP contribution >= 0.6 is 11.6 Å². The molecule has 0 spiro atoms. The van der Waals surface area contributed by atoms with Crippen molar-refractivity contribution >= 4 is 23.2 Å². The molecule has 0 saturated carbocycles. The molecule has 0 aliphatic heterocycles. The number of fused-ring (bicyclic) bond motifs is 1. The van der Waals surface area contributed by atoms with Crippen molar-refractivity contribution in [1.82, 2.24) is 5.32 Å². The molecule has 2 aromatic rings. The monoisotopic (exact) mass is 344 g/mol. The zero-order valence-corrected chi connectivity index (χ0v) is 14.0. The fraction of sp³-hybridized carbons (Fsp3) is 0.278. The second-order valence-electron chi connectivity index (χ2n) is 6.00. The Morgan fingerprint density at radius 1 is 1.21 bits per heavy atom. The number of benzene rings is 2. The van der Waals surface area contributed by atoms with Gasteiger partial charge in [0.15, 0.2) is 0 Å². The Hall–Kier alpha value is -2.40. The number of rotatable bonds is 4. The normalized spacial score (nSPS) is 14.1. The van der Waals surface area contributed by atoms with Crippen LogP contribution in [0, 0.1) is 10.1 Å². The van der Waals surface area contributed by atoms with Crippen molar-refractivity contribution in [1.29, 1.82) is 0 Å². The summed E-state index contributed by atoms with van der Waals surface area (Å²) in [5.74, 6) is -0.359. The lowest BCUT2D eigenvalue weighted by atomic mass is 10.0. The van der Waals surface area contributed by atoms with E-state index in [1.54, 1.807) is 0 Å². The van der Waals surface area contributed by atoms with Crippen LogP contribution in [0.1, 0.15) is 46.4 Å². The van der Waals surface area contributed by atoms with Crippen molar-refractivity contribution in [2.75, 3.05) is 0 Å². The van der Waals surface area contributed by atoms with Crippen molar-refractivity contribution in [2.24, 2.45) is 0 Å². The van der Waals surface area contributed by atoms with Crippen LogP contribution in [0.15, 0.2) is 36.4 Å². The number of halogens is 1. The summed E-state index contributed by atoms with van der Waals surface area (Å²) in [6, 6.07) is 10.2. The van der Waals surface area contributed by atoms with Crippen molar-refractivity contribution in [2.45, 2.75) is 32.2 Å². The molecule has 24 heavy (non-hydrogen) atoms. The number of nitrogens with one attached hydrogen (secondary N) is 1. The van der Waals surface area contributed by atoms with Crippen molar-refractivity contribution < 1.29 is 9.72 Å². The zero-order chi connectivity index (χ0) is 17.3. The van der Waals surface area contributed by atoms with Gasteiger partial charge in [-0.1, -0.05) is 29.8 Å². The minimum atomic E-state index is -0.594. The van der Waals surface area contributed by atoms with Gasteiger partial charge in [0, 0.05) is 11.6 Å². The van der Waals surface area contributed by atoms with Gasteiger partial charge in [0.1, 0.15) is 5.02 Å². The molecule has 1 aliphatic rings. The third-order valence-electron chi connectivity index (χ3n) is 4.38. The molecule has 0 unspecified atom stereocenters. The van der Waals surface area contributed by atoms with Crippen LogP contribution in [0.4, 0.5) is 5.69 Å². The van der Waals surface area contributed by atoms with Crippen molar-refractivity contribution in [3.63, 3.8) is 0 Å². The summed E-state index contributed by atoms with van der Waals surface area (Å²) in [4.78, 5) is 22.7. The molecule has 124 valence electrons. The first kappa shape index (κ1) is 16.5. The number of amides is 1. The van der Waals surface area contributed by atoms with Gasteiger partial charge < -0.3 is 5.32 Å². The smallest absolute Gasteiger partial charge is 0.288 e. The number of hydrogen-bond acceptors (Lipinski definition) is 3. The molecule has 0 fully saturated rings. The van der Waals surface area contributed by atoms with Gasteiger partial charge in [-0.3, -0.25) is 14.9 Å². The van der Waals surface area contributed by atoms with Crippen LogP contribution in [0.2, 0.25) is 5.02 Å². The van der Waals surface area contributed by atoms with E-state index in [0.29, 0.717) is 0 Å². The molecule has 1 N–H and O–H groups in total. The predicted molar refractivity (Wildman–Crippen MR) is 92.5 cm³/mol. The number of carbonyl (C=O) groups is 1. The maximum atomic E-state index is 12.4. The van der Waals surface area contributed by atoms with Crippen LogP contribution in [0.5, 0.6) is 0 Å². The standard InChI is InChI=1S/C18H17ClN2O3/c1-11(13-6-5-12-3-2-4-14(12)9-13)20-18(22)15-7-8-16(19)17(10-15)21(23)24/h5-11H,2-4H2,1H3,(H,20,22)/t11-/m0/s1. The highest BCUT2D eigenvalue weighted by molar-refractivity contribution is 6.32. The van der Waals surface area contributed by atoms with E-state index in [1.165, 1.54) is 35.7 Å². The van der Waals surface area contributed by atoms with E-state index in [2.05, 4.69) is 17.4 Å². The molecule has 2 aromatic carbocycles. The molecule has 1 amide bonds. The average molecular weight is 345 g/mol. The second-order valence-corrected chi connectivity index (χ2v) is 6.41. The van der Waals surface area contributed by atoms with Gasteiger partial charge in [-0.15, -0.1) is 0 Å². The third kappa shape index (κ3) is 3.26. The van der Waals surface area contributed by atoms with E-state index >= 15 is 0 Å². The molecule has 0 heterocycles. The molecule has 0 bridgehead atoms. The van der Waals surface area contributed by atoms with Gasteiger partial charge in [0.25, 0.3) is 11.6 Å². The van der Waals surface area contributed by atoms with Crippen LogP contribution in [-0.4, -0.2) is 10.8 Å². The summed E-state index contributed by atoms with van der Waals surface area (Å²) < 4.78 is 0. The number of nitro groups is 1. The topological polar surface area (TPSA) is 72.2 Å². The first-order valence-corrected chi connectivity index (χ1v) is 8.20. The summed E-state index contributed by atoms with van der Waals surface area (Å²) >= 11 is 5.78. The number of hydrogen-bond donors (Lipinski definition) is 1. The summed E-state index contributed by atoms with van der Waals surface area (Å²) in [5, 5.41) is 13.8. The van der Waals surface area contributed by atoms with Gasteiger partial charge in [-0.05, 0) is 55.0 Å². The lowest BCUT2D eigenvalue weighted by Gasteiger charge is -2.16. The Morgan fingerprint density at radius 3 is 2.71 bits per heavy atom. The minimum Gasteiger partial charge on any atom is -0.346 e. The molecule has 1 aliphatic carbocycles. The van der Waals surface area contributed by atoms with Crippen molar-refractivity contribution in [3.05, 3.63) is 73.8 Å². The van der Waals surface area contributed by atoms with Crippen LogP contribution in [0.3, 0.4) is 0 Å². The molecule has 0 radical (unpaired) electrons. The van der Waals surface area contributed by atoms with E-state index in [0.717, 1.165) is 18.4 Å². The second kappa shape index (κ2) is 6.61. The molecule has 6 heteroatoms. The maximum absolute atomic E-state index is 12.4. The van der Waals surface area contributed by atoms with Gasteiger partial charge in [-0.25, -0.2) is 0 Å². The molecular formula is C18H17ClN2O3. The first-order valence-electron chi connectivity index (χ1n) is 7.82. The van der Waals surface area contributed by atoms with Gasteiger partial charge >= 0.3 is 0 Å². The molecule has 1 atom stereocenters. The summed E-state index contributed by atoms with van der Waals surface area (Å²) in [7, 11) is 0. The lowest BCUT2D eigenvalue weighted by Crippen LogP contribution is -2.26. The third-order valence-corrected chi connectivity index (χ3v) is 4.69. The lowest BCUT2D eigenvalue weighted by molar-refractivity contribution is -0.384. The van der Waals surface area contributed by atoms with Gasteiger partial charge in [0.05, 0.1) is 11.0 Å². The SMILES string of the molecule is C[C@H](NC(=O)c1ccc(Cl)c([N+](=O)[O-])c1)c1ccc2c(c1)CCC2. The molecule has 5 nitrogen and oxygen atoms in total. The van der Waals surface area contributed by atoms with E-state index < -0.39 is 4.92 Å². The Morgan fingerprint density at radius 2 is 1.96 bits per heavy atom. The Kier molecular flexibility index (Phi) is 4.53. The Balaban J connectivity index is 1.77. The largest absolute Gasteiger partial charge is 0.346 e. The van der Waals surface area contributed by atoms with Crippen LogP contribution in [-0.2, 0) is 12.8 Å². The number of nitro benzene ring substituents is 1. The Bertz CT molecular complexity index is 820. The number of aryl methyl sites for hydroxylation is 2. The van der Waals surface area contributed by atoms with E-state index in [1.807, 2.05) is 13.0 Å². The number of nitrogens with zero attached hydrogens (tertiary/aromatic N) is 1. The van der Waals surface area contributed by atoms with Gasteiger partial charge in [0.2, 0.25) is 0 Å². The first-order chi connectivity index (χ1) is 11.5. The maximum Gasteiger partial charge on any atom is 0.288 e. The Labute approximate surface area is 144 Å². The highest BCUT2D eigenvalue weighted by atomic mass is 35.5. The summed E-state index contributed by atoms with van der Waals surface area (Å²) in [5.41, 5.74) is 3.71. The molecule has 0 aromatic heterocycles. The highest BCUT2D eigenvalue weighted by Gasteiger charge is 2.19.